The first kappa shape index (κ1) is 19.4. The Bertz CT molecular complexity index is 830. The standard InChI is InChI=1S/C19H22N4O5/c20-19(25)23(26)9-11-27-15-3-4-17-14(12-15)5-7-22(18(17)24)8-10-28-16-2-1-6-21-13-16/h1-4,6,12-13,26H,5,7-11H2,(H2,20,25). The molecule has 3 rings (SSSR count). The molecule has 9 nitrogen and oxygen atoms in total. The van der Waals surface area contributed by atoms with Crippen LogP contribution in [-0.2, 0) is 6.42 Å². The van der Waals surface area contributed by atoms with Crippen LogP contribution in [0.4, 0.5) is 4.79 Å². The number of amides is 3. The number of hydroxylamine groups is 2. The van der Waals surface area contributed by atoms with E-state index in [0.29, 0.717) is 48.2 Å². The molecule has 0 fully saturated rings. The Balaban J connectivity index is 1.52. The van der Waals surface area contributed by atoms with Crippen LogP contribution in [0.2, 0.25) is 0 Å². The maximum Gasteiger partial charge on any atom is 0.338 e. The zero-order chi connectivity index (χ0) is 19.9. The fraction of sp³-hybridized carbons (Fsp3) is 0.316. The highest BCUT2D eigenvalue weighted by Crippen LogP contribution is 2.24. The van der Waals surface area contributed by atoms with Crippen molar-refractivity contribution in [2.45, 2.75) is 6.42 Å². The number of urea groups is 1. The van der Waals surface area contributed by atoms with Gasteiger partial charge in [-0.1, -0.05) is 0 Å². The average Bonchev–Trinajstić information content (AvgIpc) is 2.70. The van der Waals surface area contributed by atoms with Crippen LogP contribution >= 0.6 is 0 Å². The summed E-state index contributed by atoms with van der Waals surface area (Å²) in [6.45, 7) is 1.52. The topological polar surface area (TPSA) is 118 Å². The first-order valence-electron chi connectivity index (χ1n) is 8.88. The SMILES string of the molecule is NC(=O)N(O)CCOc1ccc2c(c1)CCN(CCOc1cccnc1)C2=O. The molecule has 1 aromatic carbocycles. The maximum absolute atomic E-state index is 12.7. The van der Waals surface area contributed by atoms with Crippen molar-refractivity contribution in [1.82, 2.24) is 14.9 Å². The molecular formula is C19H22N4O5. The molecule has 0 unspecified atom stereocenters. The lowest BCUT2D eigenvalue weighted by Gasteiger charge is -2.28. The number of ether oxygens (including phenoxy) is 2. The molecule has 0 aliphatic carbocycles. The van der Waals surface area contributed by atoms with Gasteiger partial charge in [0.05, 0.1) is 19.3 Å². The minimum absolute atomic E-state index is 0.0437. The van der Waals surface area contributed by atoms with Crippen molar-refractivity contribution in [3.63, 3.8) is 0 Å². The highest BCUT2D eigenvalue weighted by atomic mass is 16.5. The van der Waals surface area contributed by atoms with Gasteiger partial charge in [0.25, 0.3) is 5.91 Å². The van der Waals surface area contributed by atoms with Gasteiger partial charge in [0.1, 0.15) is 24.7 Å². The first-order valence-corrected chi connectivity index (χ1v) is 8.88. The number of rotatable bonds is 8. The Hall–Kier alpha value is -3.33. The summed E-state index contributed by atoms with van der Waals surface area (Å²) in [6, 6.07) is 7.91. The summed E-state index contributed by atoms with van der Waals surface area (Å²) in [5.74, 6) is 1.20. The fourth-order valence-corrected chi connectivity index (χ4v) is 2.88. The molecule has 0 saturated heterocycles. The van der Waals surface area contributed by atoms with Crippen molar-refractivity contribution in [3.05, 3.63) is 53.9 Å². The van der Waals surface area contributed by atoms with E-state index in [1.165, 1.54) is 0 Å². The maximum atomic E-state index is 12.7. The molecule has 0 bridgehead atoms. The fourth-order valence-electron chi connectivity index (χ4n) is 2.88. The summed E-state index contributed by atoms with van der Waals surface area (Å²) >= 11 is 0. The van der Waals surface area contributed by atoms with Crippen LogP contribution in [0.5, 0.6) is 11.5 Å². The van der Waals surface area contributed by atoms with Crippen molar-refractivity contribution in [2.24, 2.45) is 5.73 Å². The Kier molecular flexibility index (Phi) is 6.28. The number of carbonyl (C=O) groups is 2. The lowest BCUT2D eigenvalue weighted by molar-refractivity contribution is -0.0464. The Labute approximate surface area is 162 Å². The van der Waals surface area contributed by atoms with Gasteiger partial charge >= 0.3 is 6.03 Å². The van der Waals surface area contributed by atoms with Crippen molar-refractivity contribution in [2.75, 3.05) is 32.8 Å². The number of fused-ring (bicyclic) bond motifs is 1. The molecule has 0 spiro atoms. The van der Waals surface area contributed by atoms with Gasteiger partial charge in [-0.05, 0) is 42.3 Å². The minimum Gasteiger partial charge on any atom is -0.492 e. The summed E-state index contributed by atoms with van der Waals surface area (Å²) < 4.78 is 11.1. The second-order valence-corrected chi connectivity index (χ2v) is 6.21. The Morgan fingerprint density at radius 1 is 1.25 bits per heavy atom. The molecule has 3 N–H and O–H groups in total. The van der Waals surface area contributed by atoms with E-state index in [1.54, 1.807) is 35.5 Å². The van der Waals surface area contributed by atoms with Crippen LogP contribution in [0.25, 0.3) is 0 Å². The molecule has 28 heavy (non-hydrogen) atoms. The van der Waals surface area contributed by atoms with Crippen molar-refractivity contribution >= 4 is 11.9 Å². The monoisotopic (exact) mass is 386 g/mol. The zero-order valence-electron chi connectivity index (χ0n) is 15.3. The number of hydrogen-bond acceptors (Lipinski definition) is 6. The molecule has 2 heterocycles. The summed E-state index contributed by atoms with van der Waals surface area (Å²) in [5.41, 5.74) is 6.47. The number of aromatic nitrogens is 1. The summed E-state index contributed by atoms with van der Waals surface area (Å²) in [5, 5.41) is 9.60. The number of pyridine rings is 1. The molecule has 0 atom stereocenters. The smallest absolute Gasteiger partial charge is 0.338 e. The van der Waals surface area contributed by atoms with E-state index >= 15 is 0 Å². The van der Waals surface area contributed by atoms with Gasteiger partial charge in [0.2, 0.25) is 0 Å². The first-order chi connectivity index (χ1) is 13.5. The number of hydrogen-bond donors (Lipinski definition) is 2. The van der Waals surface area contributed by atoms with E-state index in [9.17, 15) is 14.8 Å². The highest BCUT2D eigenvalue weighted by molar-refractivity contribution is 5.97. The van der Waals surface area contributed by atoms with Crippen LogP contribution in [0, 0.1) is 0 Å². The van der Waals surface area contributed by atoms with Crippen LogP contribution < -0.4 is 15.2 Å². The number of nitrogens with zero attached hydrogens (tertiary/aromatic N) is 3. The zero-order valence-corrected chi connectivity index (χ0v) is 15.3. The second-order valence-electron chi connectivity index (χ2n) is 6.21. The van der Waals surface area contributed by atoms with E-state index in [2.05, 4.69) is 4.98 Å². The lowest BCUT2D eigenvalue weighted by Crippen LogP contribution is -2.40. The third-order valence-electron chi connectivity index (χ3n) is 4.34. The molecule has 148 valence electrons. The van der Waals surface area contributed by atoms with Crippen molar-refractivity contribution < 1.29 is 24.3 Å². The molecule has 9 heteroatoms. The minimum atomic E-state index is -0.938. The van der Waals surface area contributed by atoms with Crippen LogP contribution in [0.3, 0.4) is 0 Å². The second kappa shape index (κ2) is 9.05. The van der Waals surface area contributed by atoms with E-state index in [-0.39, 0.29) is 19.1 Å². The predicted molar refractivity (Wildman–Crippen MR) is 99.4 cm³/mol. The molecule has 3 amide bonds. The van der Waals surface area contributed by atoms with Crippen molar-refractivity contribution in [3.8, 4) is 11.5 Å². The van der Waals surface area contributed by atoms with Gasteiger partial charge in [-0.15, -0.1) is 0 Å². The van der Waals surface area contributed by atoms with Crippen molar-refractivity contribution in [1.29, 1.82) is 0 Å². The van der Waals surface area contributed by atoms with Gasteiger partial charge in [-0.2, -0.15) is 0 Å². The van der Waals surface area contributed by atoms with Crippen LogP contribution in [0.15, 0.2) is 42.7 Å². The molecule has 1 aliphatic heterocycles. The van der Waals surface area contributed by atoms with Crippen LogP contribution in [-0.4, -0.2) is 64.9 Å². The van der Waals surface area contributed by atoms with E-state index in [1.807, 2.05) is 12.1 Å². The van der Waals surface area contributed by atoms with Gasteiger partial charge in [-0.25, -0.2) is 9.86 Å². The molecule has 0 radical (unpaired) electrons. The van der Waals surface area contributed by atoms with Gasteiger partial charge in [0, 0.05) is 18.3 Å². The molecule has 2 aromatic rings. The molecular weight excluding hydrogens is 364 g/mol. The van der Waals surface area contributed by atoms with Gasteiger partial charge in [0.15, 0.2) is 0 Å². The third-order valence-corrected chi connectivity index (χ3v) is 4.34. The number of primary amides is 1. The summed E-state index contributed by atoms with van der Waals surface area (Å²) in [4.78, 5) is 29.2. The molecule has 1 aliphatic rings. The number of carbonyl (C=O) groups excluding carboxylic acids is 2. The summed E-state index contributed by atoms with van der Waals surface area (Å²) in [7, 11) is 0. The number of nitrogens with two attached hydrogens (primary N) is 1. The lowest BCUT2D eigenvalue weighted by atomic mass is 9.99. The Morgan fingerprint density at radius 3 is 2.82 bits per heavy atom. The predicted octanol–water partition coefficient (Wildman–Crippen LogP) is 1.31. The quantitative estimate of drug-likeness (QED) is 0.522. The van der Waals surface area contributed by atoms with Gasteiger partial charge in [-0.3, -0.25) is 15.0 Å². The molecule has 0 saturated carbocycles. The third kappa shape index (κ3) is 4.89. The summed E-state index contributed by atoms with van der Waals surface area (Å²) in [6.07, 6.45) is 4.01. The largest absolute Gasteiger partial charge is 0.492 e. The van der Waals surface area contributed by atoms with E-state index < -0.39 is 6.03 Å². The van der Waals surface area contributed by atoms with Gasteiger partial charge < -0.3 is 20.1 Å². The molecule has 1 aromatic heterocycles. The number of benzene rings is 1. The van der Waals surface area contributed by atoms with Crippen LogP contribution in [0.1, 0.15) is 15.9 Å². The van der Waals surface area contributed by atoms with E-state index in [0.717, 1.165) is 5.56 Å². The average molecular weight is 386 g/mol. The normalized spacial score (nSPS) is 13.0. The highest BCUT2D eigenvalue weighted by Gasteiger charge is 2.24. The van der Waals surface area contributed by atoms with E-state index in [4.69, 9.17) is 15.2 Å². The Morgan fingerprint density at radius 2 is 2.07 bits per heavy atom.